The molecule has 0 saturated carbocycles. The summed E-state index contributed by atoms with van der Waals surface area (Å²) in [5.74, 6) is 0. The highest BCUT2D eigenvalue weighted by Gasteiger charge is 2.57. The molecule has 0 amide bonds. The second-order valence-electron chi connectivity index (χ2n) is 4.49. The molecular formula is C14H14BrF2O4PS. The maximum atomic E-state index is 14.9. The largest absolute Gasteiger partial charge is 0.405 e. The molecule has 0 N–H and O–H groups in total. The molecule has 0 aliphatic rings. The van der Waals surface area contributed by atoms with Gasteiger partial charge in [0.05, 0.1) is 13.2 Å². The fraction of sp³-hybridized carbons (Fsp3) is 0.357. The van der Waals surface area contributed by atoms with Crippen molar-refractivity contribution in [3.05, 3.63) is 33.1 Å². The number of alkyl halides is 2. The lowest BCUT2D eigenvalue weighted by molar-refractivity contribution is 0.0387. The van der Waals surface area contributed by atoms with Gasteiger partial charge >= 0.3 is 13.3 Å². The topological polar surface area (TPSA) is 52.6 Å². The van der Waals surface area contributed by atoms with Gasteiger partial charge in [0, 0.05) is 20.1 Å². The van der Waals surface area contributed by atoms with Crippen molar-refractivity contribution < 1.29 is 27.2 Å². The van der Waals surface area contributed by atoms with Crippen LogP contribution in [0.4, 0.5) is 8.78 Å². The maximum Gasteiger partial charge on any atom is 0.405 e. The number of aldehydes is 1. The van der Waals surface area contributed by atoms with Crippen LogP contribution in [0, 0.1) is 0 Å². The minimum atomic E-state index is -4.67. The molecule has 2 aromatic rings. The minimum absolute atomic E-state index is 0.0887. The fourth-order valence-electron chi connectivity index (χ4n) is 2.02. The molecule has 126 valence electrons. The Bertz CT molecular complexity index is 767. The molecule has 0 atom stereocenters. The summed E-state index contributed by atoms with van der Waals surface area (Å²) in [6.07, 6.45) is 0.632. The van der Waals surface area contributed by atoms with Crippen molar-refractivity contribution in [1.82, 2.24) is 0 Å². The standard InChI is InChI=1S/C14H14BrF2O4PS/c1-3-20-22(19,21-4-2)14(16,17)13-12(15)10-7-9(8-18)5-6-11(10)23-13/h5-8H,3-4H2,1-2H3. The Labute approximate surface area is 144 Å². The number of hydrogen-bond donors (Lipinski definition) is 0. The summed E-state index contributed by atoms with van der Waals surface area (Å²) >= 11 is 3.91. The number of benzene rings is 1. The fourth-order valence-corrected chi connectivity index (χ4v) is 5.98. The lowest BCUT2D eigenvalue weighted by atomic mass is 10.2. The van der Waals surface area contributed by atoms with Gasteiger partial charge in [-0.25, -0.2) is 0 Å². The average Bonchev–Trinajstić information content (AvgIpc) is 2.85. The maximum absolute atomic E-state index is 14.9. The van der Waals surface area contributed by atoms with Gasteiger partial charge in [-0.15, -0.1) is 11.3 Å². The van der Waals surface area contributed by atoms with Gasteiger partial charge in [-0.05, 0) is 41.9 Å². The molecule has 2 rings (SSSR count). The lowest BCUT2D eigenvalue weighted by Gasteiger charge is -2.25. The summed E-state index contributed by atoms with van der Waals surface area (Å²) in [7, 11) is -4.67. The molecule has 0 aliphatic carbocycles. The van der Waals surface area contributed by atoms with Crippen molar-refractivity contribution in [2.24, 2.45) is 0 Å². The predicted octanol–water partition coefficient (Wildman–Crippen LogP) is 5.79. The van der Waals surface area contributed by atoms with Crippen LogP contribution in [0.2, 0.25) is 0 Å². The van der Waals surface area contributed by atoms with Crippen LogP contribution in [0.5, 0.6) is 0 Å². The molecule has 1 heterocycles. The lowest BCUT2D eigenvalue weighted by Crippen LogP contribution is -2.17. The van der Waals surface area contributed by atoms with E-state index >= 15 is 0 Å². The molecule has 0 unspecified atom stereocenters. The predicted molar refractivity (Wildman–Crippen MR) is 89.7 cm³/mol. The Kier molecular flexibility index (Phi) is 5.74. The highest BCUT2D eigenvalue weighted by Crippen LogP contribution is 2.69. The number of hydrogen-bond acceptors (Lipinski definition) is 5. The first-order chi connectivity index (χ1) is 10.8. The zero-order valence-electron chi connectivity index (χ0n) is 12.3. The number of fused-ring (bicyclic) bond motifs is 1. The van der Waals surface area contributed by atoms with Crippen LogP contribution in [0.25, 0.3) is 10.1 Å². The van der Waals surface area contributed by atoms with Crippen molar-refractivity contribution in [1.29, 1.82) is 0 Å². The van der Waals surface area contributed by atoms with Crippen LogP contribution in [-0.4, -0.2) is 19.5 Å². The Morgan fingerprint density at radius 1 is 1.30 bits per heavy atom. The van der Waals surface area contributed by atoms with E-state index in [1.165, 1.54) is 26.0 Å². The van der Waals surface area contributed by atoms with E-state index in [9.17, 15) is 18.1 Å². The zero-order valence-corrected chi connectivity index (χ0v) is 15.6. The highest BCUT2D eigenvalue weighted by molar-refractivity contribution is 9.10. The molecule has 0 radical (unpaired) electrons. The third kappa shape index (κ3) is 3.28. The highest BCUT2D eigenvalue weighted by atomic mass is 79.9. The van der Waals surface area contributed by atoms with Gasteiger partial charge in [-0.2, -0.15) is 8.78 Å². The Morgan fingerprint density at radius 3 is 2.43 bits per heavy atom. The van der Waals surface area contributed by atoms with Gasteiger partial charge in [0.25, 0.3) is 0 Å². The normalized spacial score (nSPS) is 12.7. The van der Waals surface area contributed by atoms with E-state index in [-0.39, 0.29) is 17.7 Å². The summed E-state index contributed by atoms with van der Waals surface area (Å²) in [5.41, 5.74) is -3.44. The Balaban J connectivity index is 2.63. The smallest absolute Gasteiger partial charge is 0.304 e. The Hall–Kier alpha value is -0.660. The molecule has 4 nitrogen and oxygen atoms in total. The summed E-state index contributed by atoms with van der Waals surface area (Å²) in [6.45, 7) is 2.62. The summed E-state index contributed by atoms with van der Waals surface area (Å²) in [5, 5.41) is 0.453. The third-order valence-electron chi connectivity index (χ3n) is 3.00. The number of carbonyl (C=O) groups excluding carboxylic acids is 1. The summed E-state index contributed by atoms with van der Waals surface area (Å²) in [4.78, 5) is 10.4. The van der Waals surface area contributed by atoms with Crippen LogP contribution >= 0.6 is 34.9 Å². The van der Waals surface area contributed by atoms with Gasteiger partial charge in [0.15, 0.2) is 0 Å². The Morgan fingerprint density at radius 2 is 1.91 bits per heavy atom. The van der Waals surface area contributed by atoms with E-state index in [1.54, 1.807) is 6.07 Å². The summed E-state index contributed by atoms with van der Waals surface area (Å²) in [6, 6.07) is 4.60. The zero-order chi connectivity index (χ0) is 17.3. The first-order valence-corrected chi connectivity index (χ1v) is 9.90. The van der Waals surface area contributed by atoms with Crippen molar-refractivity contribution in [3.63, 3.8) is 0 Å². The van der Waals surface area contributed by atoms with Crippen molar-refractivity contribution >= 4 is 51.2 Å². The second-order valence-corrected chi connectivity index (χ2v) is 8.41. The molecule has 1 aromatic heterocycles. The van der Waals surface area contributed by atoms with Gasteiger partial charge in [-0.3, -0.25) is 9.36 Å². The van der Waals surface area contributed by atoms with E-state index in [2.05, 4.69) is 15.9 Å². The first kappa shape index (κ1) is 18.7. The van der Waals surface area contributed by atoms with E-state index in [0.29, 0.717) is 21.9 Å². The van der Waals surface area contributed by atoms with Crippen LogP contribution in [-0.2, 0) is 19.3 Å². The van der Waals surface area contributed by atoms with Gasteiger partial charge < -0.3 is 9.05 Å². The molecule has 9 heteroatoms. The molecule has 23 heavy (non-hydrogen) atoms. The van der Waals surface area contributed by atoms with Crippen molar-refractivity contribution in [2.45, 2.75) is 19.5 Å². The number of carbonyl (C=O) groups is 1. The molecule has 0 bridgehead atoms. The van der Waals surface area contributed by atoms with E-state index < -0.39 is 18.1 Å². The number of thiophene rings is 1. The van der Waals surface area contributed by atoms with Crippen molar-refractivity contribution in [3.8, 4) is 0 Å². The molecule has 0 saturated heterocycles. The molecular weight excluding hydrogens is 413 g/mol. The van der Waals surface area contributed by atoms with Crippen LogP contribution in [0.15, 0.2) is 22.7 Å². The first-order valence-electron chi connectivity index (χ1n) is 6.75. The minimum Gasteiger partial charge on any atom is -0.304 e. The van der Waals surface area contributed by atoms with Crippen LogP contribution in [0.3, 0.4) is 0 Å². The van der Waals surface area contributed by atoms with Gasteiger partial charge in [-0.1, -0.05) is 6.07 Å². The van der Waals surface area contributed by atoms with E-state index in [1.807, 2.05) is 0 Å². The van der Waals surface area contributed by atoms with Gasteiger partial charge in [0.2, 0.25) is 0 Å². The van der Waals surface area contributed by atoms with E-state index in [4.69, 9.17) is 9.05 Å². The molecule has 0 spiro atoms. The number of halogens is 3. The second kappa shape index (κ2) is 7.07. The van der Waals surface area contributed by atoms with Gasteiger partial charge in [0.1, 0.15) is 11.2 Å². The molecule has 1 aromatic carbocycles. The third-order valence-corrected chi connectivity index (χ3v) is 7.59. The summed E-state index contributed by atoms with van der Waals surface area (Å²) < 4.78 is 52.5. The molecule has 0 aliphatic heterocycles. The van der Waals surface area contributed by atoms with E-state index in [0.717, 1.165) is 11.3 Å². The molecule has 0 fully saturated rings. The average molecular weight is 427 g/mol. The SMILES string of the molecule is CCOP(=O)(OCC)C(F)(F)c1sc2ccc(C=O)cc2c1Br. The van der Waals surface area contributed by atoms with Crippen molar-refractivity contribution in [2.75, 3.05) is 13.2 Å². The monoisotopic (exact) mass is 426 g/mol. The van der Waals surface area contributed by atoms with Crippen LogP contribution in [0.1, 0.15) is 29.1 Å². The van der Waals surface area contributed by atoms with Crippen LogP contribution < -0.4 is 0 Å². The number of rotatable bonds is 7. The quantitative estimate of drug-likeness (QED) is 0.415.